The number of carboxylic acids is 1. The number of nitrogens with one attached hydrogen (secondary N) is 1. The van der Waals surface area contributed by atoms with E-state index in [-0.39, 0.29) is 6.04 Å². The van der Waals surface area contributed by atoms with E-state index in [1.54, 1.807) is 7.05 Å². The van der Waals surface area contributed by atoms with Crippen LogP contribution in [0, 0.1) is 5.92 Å². The van der Waals surface area contributed by atoms with Gasteiger partial charge >= 0.3 is 5.97 Å². The Balaban J connectivity index is 2.18. The Morgan fingerprint density at radius 1 is 1.54 bits per heavy atom. The molecule has 2 N–H and O–H groups in total. The van der Waals surface area contributed by atoms with Crippen LogP contribution in [0.3, 0.4) is 0 Å². The standard InChI is InChI=1S/C10H19NO2/c1-11-9(10(12)13)7-6-8-4-2-3-5-8/h8-9,11H,2-7H2,1H3,(H,12,13)/t9-/m0/s1. The summed E-state index contributed by atoms with van der Waals surface area (Å²) in [6, 6.07) is -0.347. The lowest BCUT2D eigenvalue weighted by Gasteiger charge is -2.13. The highest BCUT2D eigenvalue weighted by Gasteiger charge is 2.19. The summed E-state index contributed by atoms with van der Waals surface area (Å²) in [4.78, 5) is 10.7. The molecule has 0 aromatic carbocycles. The van der Waals surface area contributed by atoms with Crippen LogP contribution >= 0.6 is 0 Å². The van der Waals surface area contributed by atoms with Crippen molar-refractivity contribution in [3.8, 4) is 0 Å². The third-order valence-electron chi connectivity index (χ3n) is 2.98. The summed E-state index contributed by atoms with van der Waals surface area (Å²) in [6.07, 6.45) is 7.12. The largest absolute Gasteiger partial charge is 0.480 e. The molecule has 0 spiro atoms. The molecule has 0 amide bonds. The third-order valence-corrected chi connectivity index (χ3v) is 2.98. The van der Waals surface area contributed by atoms with Crippen molar-refractivity contribution in [1.29, 1.82) is 0 Å². The van der Waals surface area contributed by atoms with E-state index < -0.39 is 5.97 Å². The average Bonchev–Trinajstić information content (AvgIpc) is 2.57. The molecule has 1 rings (SSSR count). The second-order valence-electron chi connectivity index (χ2n) is 3.91. The first-order valence-corrected chi connectivity index (χ1v) is 5.14. The van der Waals surface area contributed by atoms with E-state index in [0.717, 1.165) is 18.8 Å². The minimum Gasteiger partial charge on any atom is -0.480 e. The van der Waals surface area contributed by atoms with Gasteiger partial charge in [-0.05, 0) is 25.8 Å². The lowest BCUT2D eigenvalue weighted by atomic mass is 9.99. The molecule has 1 saturated carbocycles. The van der Waals surface area contributed by atoms with Gasteiger partial charge in [0.25, 0.3) is 0 Å². The van der Waals surface area contributed by atoms with E-state index in [0.29, 0.717) is 0 Å². The Morgan fingerprint density at radius 2 is 2.15 bits per heavy atom. The normalized spacial score (nSPS) is 20.4. The van der Waals surface area contributed by atoms with Crippen molar-refractivity contribution < 1.29 is 9.90 Å². The van der Waals surface area contributed by atoms with Crippen LogP contribution in [0.1, 0.15) is 38.5 Å². The van der Waals surface area contributed by atoms with Gasteiger partial charge in [-0.3, -0.25) is 4.79 Å². The van der Waals surface area contributed by atoms with Gasteiger partial charge < -0.3 is 10.4 Å². The second-order valence-corrected chi connectivity index (χ2v) is 3.91. The van der Waals surface area contributed by atoms with Crippen LogP contribution in [0.25, 0.3) is 0 Å². The molecule has 3 nitrogen and oxygen atoms in total. The summed E-state index contributed by atoms with van der Waals surface area (Å²) in [6.45, 7) is 0. The number of hydrogen-bond acceptors (Lipinski definition) is 2. The Kier molecular flexibility index (Phi) is 4.22. The maximum atomic E-state index is 10.7. The van der Waals surface area contributed by atoms with Gasteiger partial charge in [-0.15, -0.1) is 0 Å². The molecule has 0 saturated heterocycles. The fourth-order valence-corrected chi connectivity index (χ4v) is 2.09. The Hall–Kier alpha value is -0.570. The van der Waals surface area contributed by atoms with Gasteiger partial charge in [-0.25, -0.2) is 0 Å². The van der Waals surface area contributed by atoms with Gasteiger partial charge in [0.15, 0.2) is 0 Å². The Morgan fingerprint density at radius 3 is 2.62 bits per heavy atom. The van der Waals surface area contributed by atoms with Gasteiger partial charge in [0, 0.05) is 0 Å². The van der Waals surface area contributed by atoms with Crippen LogP contribution < -0.4 is 5.32 Å². The van der Waals surface area contributed by atoms with E-state index in [1.165, 1.54) is 25.7 Å². The molecular weight excluding hydrogens is 166 g/mol. The summed E-state index contributed by atoms with van der Waals surface area (Å²) >= 11 is 0. The van der Waals surface area contributed by atoms with Crippen molar-refractivity contribution in [2.24, 2.45) is 5.92 Å². The predicted octanol–water partition coefficient (Wildman–Crippen LogP) is 1.63. The first kappa shape index (κ1) is 10.5. The predicted molar refractivity (Wildman–Crippen MR) is 51.7 cm³/mol. The summed E-state index contributed by atoms with van der Waals surface area (Å²) in [5.74, 6) is 0.0655. The monoisotopic (exact) mass is 185 g/mol. The lowest BCUT2D eigenvalue weighted by Crippen LogP contribution is -2.34. The Bertz CT molecular complexity index is 164. The zero-order valence-corrected chi connectivity index (χ0v) is 8.25. The topological polar surface area (TPSA) is 49.3 Å². The number of likely N-dealkylation sites (N-methyl/N-ethyl adjacent to an activating group) is 1. The molecule has 13 heavy (non-hydrogen) atoms. The molecule has 1 atom stereocenters. The van der Waals surface area contributed by atoms with Crippen LogP contribution in [0.5, 0.6) is 0 Å². The number of carboxylic acid groups (broad SMARTS) is 1. The van der Waals surface area contributed by atoms with Crippen molar-refractivity contribution in [3.05, 3.63) is 0 Å². The molecule has 3 heteroatoms. The number of hydrogen-bond donors (Lipinski definition) is 2. The van der Waals surface area contributed by atoms with Crippen LogP contribution in [-0.4, -0.2) is 24.2 Å². The van der Waals surface area contributed by atoms with E-state index >= 15 is 0 Å². The molecule has 0 unspecified atom stereocenters. The fraction of sp³-hybridized carbons (Fsp3) is 0.900. The van der Waals surface area contributed by atoms with Gasteiger partial charge in [0.05, 0.1) is 0 Å². The highest BCUT2D eigenvalue weighted by molar-refractivity contribution is 5.73. The SMILES string of the molecule is CN[C@@H](CCC1CCCC1)C(=O)O. The van der Waals surface area contributed by atoms with Crippen molar-refractivity contribution in [1.82, 2.24) is 5.32 Å². The van der Waals surface area contributed by atoms with E-state index in [9.17, 15) is 4.79 Å². The van der Waals surface area contributed by atoms with Gasteiger partial charge in [-0.1, -0.05) is 25.7 Å². The molecule has 0 bridgehead atoms. The number of rotatable bonds is 5. The summed E-state index contributed by atoms with van der Waals surface area (Å²) in [5, 5.41) is 11.6. The van der Waals surface area contributed by atoms with Crippen molar-refractivity contribution in [3.63, 3.8) is 0 Å². The van der Waals surface area contributed by atoms with Gasteiger partial charge in [-0.2, -0.15) is 0 Å². The number of aliphatic carboxylic acids is 1. The molecule has 0 radical (unpaired) electrons. The lowest BCUT2D eigenvalue weighted by molar-refractivity contribution is -0.139. The molecular formula is C10H19NO2. The fourth-order valence-electron chi connectivity index (χ4n) is 2.09. The molecule has 0 aliphatic heterocycles. The molecule has 1 aliphatic carbocycles. The summed E-state index contributed by atoms with van der Waals surface area (Å²) in [5.41, 5.74) is 0. The number of carbonyl (C=O) groups is 1. The minimum absolute atomic E-state index is 0.347. The Labute approximate surface area is 79.5 Å². The zero-order chi connectivity index (χ0) is 9.68. The van der Waals surface area contributed by atoms with E-state index in [2.05, 4.69) is 5.32 Å². The average molecular weight is 185 g/mol. The highest BCUT2D eigenvalue weighted by atomic mass is 16.4. The molecule has 1 aliphatic rings. The third kappa shape index (κ3) is 3.35. The van der Waals surface area contributed by atoms with Crippen molar-refractivity contribution >= 4 is 5.97 Å². The molecule has 1 fully saturated rings. The van der Waals surface area contributed by atoms with Crippen LogP contribution in [0.15, 0.2) is 0 Å². The zero-order valence-electron chi connectivity index (χ0n) is 8.25. The van der Waals surface area contributed by atoms with Crippen molar-refractivity contribution in [2.75, 3.05) is 7.05 Å². The van der Waals surface area contributed by atoms with Gasteiger partial charge in [0.2, 0.25) is 0 Å². The summed E-state index contributed by atoms with van der Waals surface area (Å²) < 4.78 is 0. The van der Waals surface area contributed by atoms with Crippen molar-refractivity contribution in [2.45, 2.75) is 44.6 Å². The van der Waals surface area contributed by atoms with Crippen LogP contribution in [0.4, 0.5) is 0 Å². The highest BCUT2D eigenvalue weighted by Crippen LogP contribution is 2.28. The first-order chi connectivity index (χ1) is 6.24. The molecule has 76 valence electrons. The first-order valence-electron chi connectivity index (χ1n) is 5.14. The summed E-state index contributed by atoms with van der Waals surface area (Å²) in [7, 11) is 1.72. The van der Waals surface area contributed by atoms with Crippen LogP contribution in [0.2, 0.25) is 0 Å². The molecule has 0 aromatic rings. The maximum Gasteiger partial charge on any atom is 0.320 e. The minimum atomic E-state index is -0.722. The van der Waals surface area contributed by atoms with Crippen LogP contribution in [-0.2, 0) is 4.79 Å². The quantitative estimate of drug-likeness (QED) is 0.684. The second kappa shape index (κ2) is 5.22. The smallest absolute Gasteiger partial charge is 0.320 e. The van der Waals surface area contributed by atoms with E-state index in [4.69, 9.17) is 5.11 Å². The molecule has 0 aromatic heterocycles. The van der Waals surface area contributed by atoms with E-state index in [1.807, 2.05) is 0 Å². The molecule has 0 heterocycles. The maximum absolute atomic E-state index is 10.7. The van der Waals surface area contributed by atoms with Gasteiger partial charge in [0.1, 0.15) is 6.04 Å².